The van der Waals surface area contributed by atoms with Crippen LogP contribution in [-0.4, -0.2) is 74.9 Å². The van der Waals surface area contributed by atoms with Crippen LogP contribution in [0.4, 0.5) is 0 Å². The Morgan fingerprint density at radius 1 is 0.337 bits per heavy atom. The highest BCUT2D eigenvalue weighted by atomic mass is 31.2. The number of phosphoric ester groups is 1. The Morgan fingerprint density at radius 3 is 0.870 bits per heavy atom. The van der Waals surface area contributed by atoms with Crippen LogP contribution in [0.15, 0.2) is 170 Å². The van der Waals surface area contributed by atoms with Gasteiger partial charge in [0.15, 0.2) is 6.10 Å². The van der Waals surface area contributed by atoms with Gasteiger partial charge in [-0.25, -0.2) is 4.57 Å². The number of unbranched alkanes of at least 4 members (excludes halogenated alkanes) is 24. The Balaban J connectivity index is 4.09. The highest BCUT2D eigenvalue weighted by Gasteiger charge is 2.27. The van der Waals surface area contributed by atoms with E-state index in [9.17, 15) is 19.0 Å². The van der Waals surface area contributed by atoms with E-state index in [0.717, 1.165) is 135 Å². The smallest absolute Gasteiger partial charge is 0.462 e. The minimum atomic E-state index is -4.41. The van der Waals surface area contributed by atoms with Gasteiger partial charge in [-0.15, -0.1) is 0 Å². The van der Waals surface area contributed by atoms with Crippen molar-refractivity contribution in [1.82, 2.24) is 0 Å². The molecule has 0 fully saturated rings. The summed E-state index contributed by atoms with van der Waals surface area (Å²) in [4.78, 5) is 35.9. The molecule has 0 aromatic carbocycles. The standard InChI is InChI=1S/C82H136NO8P/c1-6-8-10-12-14-16-18-20-22-24-26-28-30-32-34-36-38-40-41-43-44-46-48-50-52-54-56-58-60-62-64-66-68-70-72-74-81(84)88-78-80(79-90-92(86,87)89-77-76-83(3,4)5)91-82(85)75-73-71-69-67-65-63-61-59-57-55-53-51-49-47-45-42-39-37-35-33-31-29-27-25-23-21-19-17-15-13-11-9-7-2/h8-11,14-17,20-23,26-29,32-35,38-40,42,47,49,53,55,80H,6-7,12-13,18-19,24-25,30-31,36-37,41,43-46,48,50-52,54,56-79H2,1-5H3/p+1/b10-8-,11-9-,16-14-,17-15-,22-20-,23-21-,28-26-,29-27-,34-32-,35-33-,40-38-,42-39-,49-47-,55-53-. The lowest BCUT2D eigenvalue weighted by molar-refractivity contribution is -0.870. The summed E-state index contributed by atoms with van der Waals surface area (Å²) in [6.07, 6.45) is 107. The number of carbonyl (C=O) groups excluding carboxylic acids is 2. The van der Waals surface area contributed by atoms with E-state index in [2.05, 4.69) is 184 Å². The van der Waals surface area contributed by atoms with Gasteiger partial charge in [0.25, 0.3) is 0 Å². The van der Waals surface area contributed by atoms with E-state index in [1.807, 2.05) is 21.1 Å². The Hall–Kier alpha value is -4.63. The molecule has 0 heterocycles. The maximum atomic E-state index is 12.9. The van der Waals surface area contributed by atoms with Crippen molar-refractivity contribution in [3.05, 3.63) is 170 Å². The summed E-state index contributed by atoms with van der Waals surface area (Å²) in [5.74, 6) is -0.811. The highest BCUT2D eigenvalue weighted by molar-refractivity contribution is 7.47. The van der Waals surface area contributed by atoms with Gasteiger partial charge in [-0.3, -0.25) is 18.6 Å². The summed E-state index contributed by atoms with van der Waals surface area (Å²) >= 11 is 0. The second-order valence-electron chi connectivity index (χ2n) is 25.2. The number of rotatable bonds is 66. The first-order chi connectivity index (χ1) is 45.0. The fourth-order valence-electron chi connectivity index (χ4n) is 9.68. The Labute approximate surface area is 566 Å². The number of quaternary nitrogens is 1. The number of carbonyl (C=O) groups is 2. The molecule has 92 heavy (non-hydrogen) atoms. The molecular weight excluding hydrogens is 1160 g/mol. The van der Waals surface area contributed by atoms with Gasteiger partial charge in [-0.2, -0.15) is 0 Å². The molecule has 10 heteroatoms. The topological polar surface area (TPSA) is 108 Å². The van der Waals surface area contributed by atoms with Crippen LogP contribution >= 0.6 is 7.82 Å². The second-order valence-corrected chi connectivity index (χ2v) is 26.7. The Bertz CT molecular complexity index is 2160. The average molecular weight is 1300 g/mol. The third-order valence-corrected chi connectivity index (χ3v) is 16.2. The number of esters is 2. The normalized spacial score (nSPS) is 14.1. The number of allylic oxidation sites excluding steroid dienone is 28. The molecule has 2 unspecified atom stereocenters. The molecule has 0 aliphatic heterocycles. The van der Waals surface area contributed by atoms with Crippen molar-refractivity contribution >= 4 is 19.8 Å². The minimum absolute atomic E-state index is 0.0224. The van der Waals surface area contributed by atoms with Gasteiger partial charge < -0.3 is 18.9 Å². The fourth-order valence-corrected chi connectivity index (χ4v) is 10.4. The highest BCUT2D eigenvalue weighted by Crippen LogP contribution is 2.43. The molecule has 0 radical (unpaired) electrons. The molecule has 2 atom stereocenters. The third kappa shape index (κ3) is 74.4. The van der Waals surface area contributed by atoms with Crippen molar-refractivity contribution in [3.8, 4) is 0 Å². The van der Waals surface area contributed by atoms with Gasteiger partial charge in [0.2, 0.25) is 0 Å². The number of nitrogens with zero attached hydrogens (tertiary/aromatic N) is 1. The molecule has 0 amide bonds. The van der Waals surface area contributed by atoms with E-state index in [1.165, 1.54) is 116 Å². The molecule has 0 aliphatic rings. The molecule has 1 N–H and O–H groups in total. The first kappa shape index (κ1) is 87.4. The zero-order valence-corrected chi connectivity index (χ0v) is 60.4. The number of hydrogen-bond acceptors (Lipinski definition) is 7. The van der Waals surface area contributed by atoms with Crippen molar-refractivity contribution in [2.75, 3.05) is 47.5 Å². The Morgan fingerprint density at radius 2 is 0.587 bits per heavy atom. The van der Waals surface area contributed by atoms with E-state index < -0.39 is 26.5 Å². The number of phosphoric acid groups is 1. The van der Waals surface area contributed by atoms with Gasteiger partial charge >= 0.3 is 19.8 Å². The maximum Gasteiger partial charge on any atom is 0.472 e. The van der Waals surface area contributed by atoms with E-state index in [1.54, 1.807) is 0 Å². The monoisotopic (exact) mass is 1300 g/mol. The number of hydrogen-bond donors (Lipinski definition) is 1. The molecular formula is C82H137NO8P+. The zero-order valence-electron chi connectivity index (χ0n) is 59.5. The average Bonchev–Trinajstić information content (AvgIpc) is 2.23. The van der Waals surface area contributed by atoms with Crippen LogP contribution < -0.4 is 0 Å². The molecule has 0 saturated carbocycles. The number of likely N-dealkylation sites (N-methyl/N-ethyl adjacent to an activating group) is 1. The fraction of sp³-hybridized carbons (Fsp3) is 0.634. The molecule has 0 rings (SSSR count). The summed E-state index contributed by atoms with van der Waals surface area (Å²) in [5.41, 5.74) is 0. The largest absolute Gasteiger partial charge is 0.472 e. The van der Waals surface area contributed by atoms with Gasteiger partial charge in [0.1, 0.15) is 19.8 Å². The SMILES string of the molecule is CC/C=C\C/C=C\C/C=C\C/C=C\C/C=C\C/C=C\C/C=C\C/C=C\CCCCCCCCCCC(=O)OC(COC(=O)CCCCCCCCCCCCCCCCCC/C=C\C/C=C\C/C=C\C/C=C\C/C=C\C/C=C\CC)COP(=O)(O)OCC[N+](C)(C)C. The Kier molecular flexibility index (Phi) is 67.1. The summed E-state index contributed by atoms with van der Waals surface area (Å²) in [5, 5.41) is 0. The van der Waals surface area contributed by atoms with Crippen LogP contribution in [0.1, 0.15) is 284 Å². The minimum Gasteiger partial charge on any atom is -0.462 e. The van der Waals surface area contributed by atoms with E-state index in [4.69, 9.17) is 18.5 Å². The summed E-state index contributed by atoms with van der Waals surface area (Å²) < 4.78 is 34.8. The van der Waals surface area contributed by atoms with Crippen molar-refractivity contribution in [2.45, 2.75) is 290 Å². The molecule has 0 aromatic rings. The quantitative estimate of drug-likeness (QED) is 0.0211. The zero-order chi connectivity index (χ0) is 66.9. The van der Waals surface area contributed by atoms with E-state index in [0.29, 0.717) is 17.4 Å². The van der Waals surface area contributed by atoms with Gasteiger partial charge in [0, 0.05) is 12.8 Å². The predicted molar refractivity (Wildman–Crippen MR) is 399 cm³/mol. The van der Waals surface area contributed by atoms with Crippen LogP contribution in [0, 0.1) is 0 Å². The molecule has 0 bridgehead atoms. The van der Waals surface area contributed by atoms with Crippen molar-refractivity contribution in [1.29, 1.82) is 0 Å². The summed E-state index contributed by atoms with van der Waals surface area (Å²) in [6, 6.07) is 0. The first-order valence-electron chi connectivity index (χ1n) is 36.9. The van der Waals surface area contributed by atoms with Crippen molar-refractivity contribution in [3.63, 3.8) is 0 Å². The second kappa shape index (κ2) is 70.7. The lowest BCUT2D eigenvalue weighted by Gasteiger charge is -2.24. The van der Waals surface area contributed by atoms with Crippen LogP contribution in [0.3, 0.4) is 0 Å². The third-order valence-electron chi connectivity index (χ3n) is 15.2. The first-order valence-corrected chi connectivity index (χ1v) is 38.4. The lowest BCUT2D eigenvalue weighted by atomic mass is 10.0. The van der Waals surface area contributed by atoms with E-state index >= 15 is 0 Å². The molecule has 9 nitrogen and oxygen atoms in total. The molecule has 0 aromatic heterocycles. The number of ether oxygens (including phenoxy) is 2. The summed E-state index contributed by atoms with van der Waals surface area (Å²) in [6.45, 7) is 4.20. The van der Waals surface area contributed by atoms with Crippen molar-refractivity contribution in [2.24, 2.45) is 0 Å². The van der Waals surface area contributed by atoms with Crippen LogP contribution in [-0.2, 0) is 32.7 Å². The van der Waals surface area contributed by atoms with Gasteiger partial charge in [-0.05, 0) is 128 Å². The van der Waals surface area contributed by atoms with Crippen molar-refractivity contribution < 1.29 is 42.1 Å². The van der Waals surface area contributed by atoms with Crippen LogP contribution in [0.25, 0.3) is 0 Å². The van der Waals surface area contributed by atoms with Gasteiger partial charge in [0.05, 0.1) is 27.7 Å². The molecule has 0 saturated heterocycles. The van der Waals surface area contributed by atoms with Crippen LogP contribution in [0.2, 0.25) is 0 Å². The molecule has 522 valence electrons. The molecule has 0 spiro atoms. The van der Waals surface area contributed by atoms with Crippen LogP contribution in [0.5, 0.6) is 0 Å². The maximum absolute atomic E-state index is 12.9. The van der Waals surface area contributed by atoms with E-state index in [-0.39, 0.29) is 32.0 Å². The lowest BCUT2D eigenvalue weighted by Crippen LogP contribution is -2.37. The summed E-state index contributed by atoms with van der Waals surface area (Å²) in [7, 11) is 1.46. The van der Waals surface area contributed by atoms with Gasteiger partial charge in [-0.1, -0.05) is 312 Å². The molecule has 0 aliphatic carbocycles. The predicted octanol–water partition coefficient (Wildman–Crippen LogP) is 24.5.